The molecule has 9 heteroatoms. The molecule has 0 unspecified atom stereocenters. The van der Waals surface area contributed by atoms with Crippen LogP contribution >= 0.6 is 24.0 Å². The smallest absolute Gasteiger partial charge is 0.267 e. The second-order valence-electron chi connectivity index (χ2n) is 9.55. The number of anilines is 1. The Morgan fingerprint density at radius 2 is 1.82 bits per heavy atom. The van der Waals surface area contributed by atoms with Crippen LogP contribution in [0.1, 0.15) is 29.7 Å². The molecule has 4 aromatic rings. The maximum Gasteiger partial charge on any atom is 0.267 e. The third-order valence-electron chi connectivity index (χ3n) is 7.07. The highest BCUT2D eigenvalue weighted by molar-refractivity contribution is 8.26. The van der Waals surface area contributed by atoms with E-state index in [0.717, 1.165) is 32.4 Å². The number of aromatic nitrogens is 2. The van der Waals surface area contributed by atoms with Crippen molar-refractivity contribution >= 4 is 51.7 Å². The van der Waals surface area contributed by atoms with E-state index in [1.807, 2.05) is 18.2 Å². The van der Waals surface area contributed by atoms with Gasteiger partial charge in [-0.15, -0.1) is 0 Å². The molecule has 2 aliphatic rings. The Morgan fingerprint density at radius 3 is 2.58 bits per heavy atom. The van der Waals surface area contributed by atoms with Gasteiger partial charge in [0, 0.05) is 19.3 Å². The fraction of sp³-hybridized carbons (Fsp3) is 0.241. The van der Waals surface area contributed by atoms with Crippen molar-refractivity contribution < 1.29 is 9.21 Å². The molecule has 0 N–H and O–H groups in total. The van der Waals surface area contributed by atoms with Crippen molar-refractivity contribution in [1.82, 2.24) is 14.3 Å². The molecule has 2 fully saturated rings. The van der Waals surface area contributed by atoms with E-state index >= 15 is 0 Å². The van der Waals surface area contributed by atoms with Crippen LogP contribution in [0.25, 0.3) is 11.7 Å². The summed E-state index contributed by atoms with van der Waals surface area (Å²) in [4.78, 5) is 36.0. The predicted molar refractivity (Wildman–Crippen MR) is 154 cm³/mol. The SMILES string of the molecule is O=C1C(=Cc2c(N3CCC(Cc4ccccc4)CC3)nc3ccccn3c2=O)SC(=S)N1Cc1ccco1. The Bertz CT molecular complexity index is 1570. The molecule has 0 spiro atoms. The number of hydrogen-bond acceptors (Lipinski definition) is 7. The zero-order valence-corrected chi connectivity index (χ0v) is 22.3. The van der Waals surface area contributed by atoms with Crippen LogP contribution in [0, 0.1) is 5.92 Å². The summed E-state index contributed by atoms with van der Waals surface area (Å²) in [6.07, 6.45) is 8.01. The lowest BCUT2D eigenvalue weighted by molar-refractivity contribution is -0.122. The van der Waals surface area contributed by atoms with E-state index in [-0.39, 0.29) is 18.0 Å². The molecule has 38 heavy (non-hydrogen) atoms. The van der Waals surface area contributed by atoms with Crippen LogP contribution in [0.5, 0.6) is 0 Å². The summed E-state index contributed by atoms with van der Waals surface area (Å²) >= 11 is 6.70. The zero-order chi connectivity index (χ0) is 26.1. The highest BCUT2D eigenvalue weighted by atomic mass is 32.2. The highest BCUT2D eigenvalue weighted by Crippen LogP contribution is 2.35. The second-order valence-corrected chi connectivity index (χ2v) is 11.2. The summed E-state index contributed by atoms with van der Waals surface area (Å²) in [5, 5.41) is 0. The summed E-state index contributed by atoms with van der Waals surface area (Å²) in [6.45, 7) is 1.85. The number of benzene rings is 1. The summed E-state index contributed by atoms with van der Waals surface area (Å²) in [7, 11) is 0. The standard InChI is InChI=1S/C29H26N4O3S2/c34-27-23(18-24-28(35)33(29(37)38-24)19-22-9-6-16-36-22)26(30-25-10-4-5-13-32(25)27)31-14-11-21(12-15-31)17-20-7-2-1-3-8-20/h1-10,13,16,18,21H,11-12,14-15,17,19H2. The number of fused-ring (bicyclic) bond motifs is 1. The molecule has 6 rings (SSSR count). The van der Waals surface area contributed by atoms with Crippen LogP contribution in [-0.2, 0) is 17.8 Å². The first kappa shape index (κ1) is 24.6. The van der Waals surface area contributed by atoms with Crippen LogP contribution < -0.4 is 10.5 Å². The molecule has 0 bridgehead atoms. The first-order valence-corrected chi connectivity index (χ1v) is 13.9. The number of pyridine rings is 1. The van der Waals surface area contributed by atoms with Crippen molar-refractivity contribution in [2.75, 3.05) is 18.0 Å². The lowest BCUT2D eigenvalue weighted by Gasteiger charge is -2.33. The average molecular weight is 543 g/mol. The number of thioether (sulfide) groups is 1. The number of carbonyl (C=O) groups excluding carboxylic acids is 1. The quantitative estimate of drug-likeness (QED) is 0.247. The third kappa shape index (κ3) is 4.91. The molecule has 0 radical (unpaired) electrons. The van der Waals surface area contributed by atoms with Gasteiger partial charge in [-0.25, -0.2) is 4.98 Å². The lowest BCUT2D eigenvalue weighted by atomic mass is 9.90. The zero-order valence-electron chi connectivity index (χ0n) is 20.7. The van der Waals surface area contributed by atoms with Gasteiger partial charge in [-0.2, -0.15) is 0 Å². The molecule has 0 aliphatic carbocycles. The van der Waals surface area contributed by atoms with E-state index in [0.29, 0.717) is 37.9 Å². The van der Waals surface area contributed by atoms with Crippen LogP contribution in [0.4, 0.5) is 5.82 Å². The van der Waals surface area contributed by atoms with E-state index in [1.54, 1.807) is 36.7 Å². The van der Waals surface area contributed by atoms with Gasteiger partial charge >= 0.3 is 0 Å². The van der Waals surface area contributed by atoms with E-state index in [9.17, 15) is 9.59 Å². The van der Waals surface area contributed by atoms with Gasteiger partial charge in [0.05, 0.1) is 23.3 Å². The normalized spacial score (nSPS) is 17.7. The van der Waals surface area contributed by atoms with Crippen molar-refractivity contribution in [3.05, 3.63) is 105 Å². The van der Waals surface area contributed by atoms with Gasteiger partial charge in [0.25, 0.3) is 11.5 Å². The number of thiocarbonyl (C=S) groups is 1. The van der Waals surface area contributed by atoms with Gasteiger partial charge in [0.15, 0.2) is 0 Å². The van der Waals surface area contributed by atoms with Crippen LogP contribution in [0.3, 0.4) is 0 Å². The molecular weight excluding hydrogens is 516 g/mol. The van der Waals surface area contributed by atoms with Crippen molar-refractivity contribution in [3.63, 3.8) is 0 Å². The van der Waals surface area contributed by atoms with Crippen molar-refractivity contribution in [1.29, 1.82) is 0 Å². The van der Waals surface area contributed by atoms with Gasteiger partial charge in [-0.05, 0) is 61.1 Å². The first-order valence-electron chi connectivity index (χ1n) is 12.6. The Kier molecular flexibility index (Phi) is 6.86. The third-order valence-corrected chi connectivity index (χ3v) is 8.45. The molecule has 5 heterocycles. The lowest BCUT2D eigenvalue weighted by Crippen LogP contribution is -2.37. The van der Waals surface area contributed by atoms with Gasteiger partial charge in [0.2, 0.25) is 0 Å². The summed E-state index contributed by atoms with van der Waals surface area (Å²) in [6, 6.07) is 19.7. The molecule has 1 amide bonds. The number of amides is 1. The molecule has 2 aliphatic heterocycles. The molecule has 7 nitrogen and oxygen atoms in total. The van der Waals surface area contributed by atoms with Crippen molar-refractivity contribution in [3.8, 4) is 0 Å². The topological polar surface area (TPSA) is 71.1 Å². The molecule has 3 aromatic heterocycles. The number of carbonyl (C=O) groups is 1. The number of nitrogens with zero attached hydrogens (tertiary/aromatic N) is 4. The minimum Gasteiger partial charge on any atom is -0.467 e. The largest absolute Gasteiger partial charge is 0.467 e. The molecule has 192 valence electrons. The fourth-order valence-corrected chi connectivity index (χ4v) is 6.32. The van der Waals surface area contributed by atoms with Gasteiger partial charge in [-0.1, -0.05) is 60.4 Å². The molecule has 1 aromatic carbocycles. The minimum atomic E-state index is -0.235. The summed E-state index contributed by atoms with van der Waals surface area (Å²) in [5.74, 6) is 1.61. The Hall–Kier alpha value is -3.69. The Balaban J connectivity index is 1.30. The maximum atomic E-state index is 13.7. The first-order chi connectivity index (χ1) is 18.6. The second kappa shape index (κ2) is 10.6. The molecular formula is C29H26N4O3S2. The van der Waals surface area contributed by atoms with Crippen molar-refractivity contribution in [2.45, 2.75) is 25.8 Å². The fourth-order valence-electron chi connectivity index (χ4n) is 5.08. The van der Waals surface area contributed by atoms with Gasteiger partial charge < -0.3 is 9.32 Å². The van der Waals surface area contributed by atoms with E-state index in [1.165, 1.54) is 26.6 Å². The van der Waals surface area contributed by atoms with Gasteiger partial charge in [-0.3, -0.25) is 18.9 Å². The number of piperidine rings is 1. The minimum absolute atomic E-state index is 0.201. The summed E-state index contributed by atoms with van der Waals surface area (Å²) in [5.41, 5.74) is 2.15. The maximum absolute atomic E-state index is 13.7. The Labute approximate surface area is 229 Å². The van der Waals surface area contributed by atoms with Crippen LogP contribution in [0.15, 0.2) is 87.2 Å². The summed E-state index contributed by atoms with van der Waals surface area (Å²) < 4.78 is 7.37. The predicted octanol–water partition coefficient (Wildman–Crippen LogP) is 5.15. The van der Waals surface area contributed by atoms with Crippen LogP contribution in [-0.4, -0.2) is 37.6 Å². The molecule has 0 atom stereocenters. The number of rotatable bonds is 6. The molecule has 2 saturated heterocycles. The Morgan fingerprint density at radius 1 is 1.03 bits per heavy atom. The number of hydrogen-bond donors (Lipinski definition) is 0. The highest BCUT2D eigenvalue weighted by Gasteiger charge is 2.34. The van der Waals surface area contributed by atoms with Crippen molar-refractivity contribution in [2.24, 2.45) is 5.92 Å². The number of furan rings is 1. The van der Waals surface area contributed by atoms with E-state index in [2.05, 4.69) is 29.2 Å². The molecule has 0 saturated carbocycles. The monoisotopic (exact) mass is 542 g/mol. The van der Waals surface area contributed by atoms with Crippen LogP contribution in [0.2, 0.25) is 0 Å². The van der Waals surface area contributed by atoms with E-state index in [4.69, 9.17) is 21.6 Å². The van der Waals surface area contributed by atoms with E-state index < -0.39 is 0 Å². The average Bonchev–Trinajstić information content (AvgIpc) is 3.55. The van der Waals surface area contributed by atoms with Gasteiger partial charge in [0.1, 0.15) is 21.5 Å².